The van der Waals surface area contributed by atoms with Gasteiger partial charge < -0.3 is 19.6 Å². The van der Waals surface area contributed by atoms with E-state index in [1.165, 1.54) is 0 Å². The number of carbonyl (C=O) groups is 2. The molecule has 3 heterocycles. The molecule has 0 aliphatic carbocycles. The standard InChI is InChI=1S/C23H25N5O3/c1-15-4-6-18(7-5-15)22(29)25-19-8-9-20(24-14-19)27-10-12-28(13-11-27)23(30)21-16(2)26-31-17(21)3/h4-9,14H,10-13H2,1-3H3,(H,25,29). The monoisotopic (exact) mass is 419 g/mol. The molecule has 8 nitrogen and oxygen atoms in total. The van der Waals surface area contributed by atoms with Crippen LogP contribution in [-0.2, 0) is 0 Å². The van der Waals surface area contributed by atoms with Crippen molar-refractivity contribution in [2.24, 2.45) is 0 Å². The van der Waals surface area contributed by atoms with Crippen molar-refractivity contribution in [2.45, 2.75) is 20.8 Å². The van der Waals surface area contributed by atoms with Crippen molar-refractivity contribution in [1.82, 2.24) is 15.0 Å². The van der Waals surface area contributed by atoms with Gasteiger partial charge in [0.1, 0.15) is 17.1 Å². The van der Waals surface area contributed by atoms with E-state index in [2.05, 4.69) is 20.4 Å². The zero-order valence-electron chi connectivity index (χ0n) is 17.9. The van der Waals surface area contributed by atoms with Gasteiger partial charge in [0.15, 0.2) is 0 Å². The highest BCUT2D eigenvalue weighted by Gasteiger charge is 2.27. The summed E-state index contributed by atoms with van der Waals surface area (Å²) in [5.74, 6) is 1.16. The number of aryl methyl sites for hydroxylation is 3. The van der Waals surface area contributed by atoms with E-state index >= 15 is 0 Å². The Morgan fingerprint density at radius 1 is 0.968 bits per heavy atom. The van der Waals surface area contributed by atoms with Gasteiger partial charge in [0.2, 0.25) is 0 Å². The second-order valence-electron chi connectivity index (χ2n) is 7.70. The van der Waals surface area contributed by atoms with Crippen LogP contribution in [0.25, 0.3) is 0 Å². The fourth-order valence-electron chi connectivity index (χ4n) is 3.64. The molecule has 1 aliphatic rings. The molecule has 0 radical (unpaired) electrons. The molecular weight excluding hydrogens is 394 g/mol. The van der Waals surface area contributed by atoms with Crippen molar-refractivity contribution < 1.29 is 14.1 Å². The van der Waals surface area contributed by atoms with Gasteiger partial charge >= 0.3 is 0 Å². The molecule has 2 aromatic heterocycles. The molecule has 1 fully saturated rings. The number of carbonyl (C=O) groups excluding carboxylic acids is 2. The van der Waals surface area contributed by atoms with Crippen LogP contribution in [0.1, 0.15) is 37.7 Å². The Morgan fingerprint density at radius 3 is 2.26 bits per heavy atom. The van der Waals surface area contributed by atoms with Gasteiger partial charge in [-0.25, -0.2) is 4.98 Å². The minimum atomic E-state index is -0.166. The van der Waals surface area contributed by atoms with Crippen LogP contribution in [0, 0.1) is 20.8 Å². The second kappa shape index (κ2) is 8.59. The third-order valence-corrected chi connectivity index (χ3v) is 5.46. The Hall–Kier alpha value is -3.68. The van der Waals surface area contributed by atoms with Crippen LogP contribution in [0.2, 0.25) is 0 Å². The molecule has 0 bridgehead atoms. The molecule has 0 atom stereocenters. The number of pyridine rings is 1. The third kappa shape index (κ3) is 4.42. The summed E-state index contributed by atoms with van der Waals surface area (Å²) < 4.78 is 5.12. The number of nitrogens with one attached hydrogen (secondary N) is 1. The predicted molar refractivity (Wildman–Crippen MR) is 117 cm³/mol. The fraction of sp³-hybridized carbons (Fsp3) is 0.304. The van der Waals surface area contributed by atoms with E-state index in [4.69, 9.17) is 4.52 Å². The first-order valence-corrected chi connectivity index (χ1v) is 10.2. The van der Waals surface area contributed by atoms with Gasteiger partial charge in [0.25, 0.3) is 11.8 Å². The van der Waals surface area contributed by atoms with Crippen molar-refractivity contribution >= 4 is 23.3 Å². The van der Waals surface area contributed by atoms with Crippen LogP contribution in [0.3, 0.4) is 0 Å². The number of anilines is 2. The van der Waals surface area contributed by atoms with Crippen LogP contribution in [0.15, 0.2) is 47.1 Å². The summed E-state index contributed by atoms with van der Waals surface area (Å²) in [6.45, 7) is 8.06. The average molecular weight is 419 g/mol. The molecule has 0 spiro atoms. The number of hydrogen-bond acceptors (Lipinski definition) is 6. The normalized spacial score (nSPS) is 13.9. The third-order valence-electron chi connectivity index (χ3n) is 5.46. The molecule has 3 aromatic rings. The van der Waals surface area contributed by atoms with Crippen molar-refractivity contribution in [3.05, 3.63) is 70.7 Å². The molecule has 1 aliphatic heterocycles. The molecule has 8 heteroatoms. The highest BCUT2D eigenvalue weighted by atomic mass is 16.5. The molecule has 0 saturated carbocycles. The number of piperazine rings is 1. The summed E-state index contributed by atoms with van der Waals surface area (Å²) in [5.41, 5.74) is 3.53. The second-order valence-corrected chi connectivity index (χ2v) is 7.70. The molecule has 1 aromatic carbocycles. The van der Waals surface area contributed by atoms with Gasteiger partial charge in [-0.1, -0.05) is 22.9 Å². The van der Waals surface area contributed by atoms with Gasteiger partial charge in [-0.05, 0) is 45.0 Å². The van der Waals surface area contributed by atoms with Crippen molar-refractivity contribution in [3.8, 4) is 0 Å². The van der Waals surface area contributed by atoms with E-state index in [0.717, 1.165) is 11.4 Å². The summed E-state index contributed by atoms with van der Waals surface area (Å²) in [4.78, 5) is 33.6. The highest BCUT2D eigenvalue weighted by molar-refractivity contribution is 6.04. The molecule has 2 amide bonds. The summed E-state index contributed by atoms with van der Waals surface area (Å²) in [5, 5.41) is 6.74. The van der Waals surface area contributed by atoms with Crippen LogP contribution < -0.4 is 10.2 Å². The molecular formula is C23H25N5O3. The predicted octanol–water partition coefficient (Wildman–Crippen LogP) is 3.21. The quantitative estimate of drug-likeness (QED) is 0.698. The summed E-state index contributed by atoms with van der Waals surface area (Å²) in [6, 6.07) is 11.1. The first-order chi connectivity index (χ1) is 14.9. The first-order valence-electron chi connectivity index (χ1n) is 10.2. The average Bonchev–Trinajstić information content (AvgIpc) is 3.12. The van der Waals surface area contributed by atoms with Crippen LogP contribution >= 0.6 is 0 Å². The maximum atomic E-state index is 12.8. The maximum Gasteiger partial charge on any atom is 0.259 e. The molecule has 160 valence electrons. The lowest BCUT2D eigenvalue weighted by molar-refractivity contribution is 0.0744. The summed E-state index contributed by atoms with van der Waals surface area (Å²) in [7, 11) is 0. The largest absolute Gasteiger partial charge is 0.361 e. The van der Waals surface area contributed by atoms with Crippen molar-refractivity contribution in [3.63, 3.8) is 0 Å². The lowest BCUT2D eigenvalue weighted by Gasteiger charge is -2.35. The minimum Gasteiger partial charge on any atom is -0.361 e. The van der Waals surface area contributed by atoms with E-state index in [0.29, 0.717) is 54.4 Å². The maximum absolute atomic E-state index is 12.8. The molecule has 0 unspecified atom stereocenters. The smallest absolute Gasteiger partial charge is 0.259 e. The van der Waals surface area contributed by atoms with E-state index in [1.807, 2.05) is 36.1 Å². The van der Waals surface area contributed by atoms with Gasteiger partial charge in [0.05, 0.1) is 17.6 Å². The summed E-state index contributed by atoms with van der Waals surface area (Å²) >= 11 is 0. The molecule has 31 heavy (non-hydrogen) atoms. The van der Waals surface area contributed by atoms with Gasteiger partial charge in [-0.15, -0.1) is 0 Å². The van der Waals surface area contributed by atoms with Crippen LogP contribution in [0.5, 0.6) is 0 Å². The first kappa shape index (κ1) is 20.6. The van der Waals surface area contributed by atoms with E-state index in [1.54, 1.807) is 32.2 Å². The van der Waals surface area contributed by atoms with Gasteiger partial charge in [-0.3, -0.25) is 9.59 Å². The number of hydrogen-bond donors (Lipinski definition) is 1. The zero-order chi connectivity index (χ0) is 22.0. The fourth-order valence-corrected chi connectivity index (χ4v) is 3.64. The Labute approximate surface area is 180 Å². The minimum absolute atomic E-state index is 0.0435. The number of nitrogens with zero attached hydrogens (tertiary/aromatic N) is 4. The van der Waals surface area contributed by atoms with Crippen molar-refractivity contribution in [1.29, 1.82) is 0 Å². The Kier molecular flexibility index (Phi) is 5.70. The van der Waals surface area contributed by atoms with Gasteiger partial charge in [-0.2, -0.15) is 0 Å². The Balaban J connectivity index is 1.34. The van der Waals surface area contributed by atoms with E-state index in [-0.39, 0.29) is 11.8 Å². The van der Waals surface area contributed by atoms with Crippen molar-refractivity contribution in [2.75, 3.05) is 36.4 Å². The van der Waals surface area contributed by atoms with E-state index < -0.39 is 0 Å². The van der Waals surface area contributed by atoms with Gasteiger partial charge in [0, 0.05) is 31.7 Å². The molecule has 4 rings (SSSR count). The lowest BCUT2D eigenvalue weighted by Crippen LogP contribution is -2.49. The number of rotatable bonds is 4. The topological polar surface area (TPSA) is 91.6 Å². The van der Waals surface area contributed by atoms with Crippen LogP contribution in [0.4, 0.5) is 11.5 Å². The summed E-state index contributed by atoms with van der Waals surface area (Å²) in [6.07, 6.45) is 1.66. The number of amides is 2. The van der Waals surface area contributed by atoms with Crippen LogP contribution in [-0.4, -0.2) is 53.0 Å². The SMILES string of the molecule is Cc1ccc(C(=O)Nc2ccc(N3CCN(C(=O)c4c(C)noc4C)CC3)nc2)cc1. The number of aromatic nitrogens is 2. The number of benzene rings is 1. The zero-order valence-corrected chi connectivity index (χ0v) is 17.9. The molecule has 1 N–H and O–H groups in total. The molecule has 1 saturated heterocycles. The lowest BCUT2D eigenvalue weighted by atomic mass is 10.1. The Bertz CT molecular complexity index is 1060. The highest BCUT2D eigenvalue weighted by Crippen LogP contribution is 2.20. The van der Waals surface area contributed by atoms with E-state index in [9.17, 15) is 9.59 Å². The Morgan fingerprint density at radius 2 is 1.68 bits per heavy atom.